The molecule has 0 aliphatic carbocycles. The molecule has 25 heavy (non-hydrogen) atoms. The predicted octanol–water partition coefficient (Wildman–Crippen LogP) is 0.471. The Labute approximate surface area is 147 Å². The highest BCUT2D eigenvalue weighted by atomic mass is 16.3. The summed E-state index contributed by atoms with van der Waals surface area (Å²) in [5.41, 5.74) is 0.0434. The third-order valence-corrected chi connectivity index (χ3v) is 4.41. The van der Waals surface area contributed by atoms with Gasteiger partial charge >= 0.3 is 0 Å². The number of amides is 1. The summed E-state index contributed by atoms with van der Waals surface area (Å²) in [6, 6.07) is 1.77. The number of hydrogen-bond acceptors (Lipinski definition) is 6. The van der Waals surface area contributed by atoms with Gasteiger partial charge in [0, 0.05) is 32.2 Å². The number of hydrogen-bond donors (Lipinski definition) is 1. The fourth-order valence-corrected chi connectivity index (χ4v) is 3.21. The van der Waals surface area contributed by atoms with Gasteiger partial charge < -0.3 is 14.9 Å². The first-order valence-corrected chi connectivity index (χ1v) is 8.43. The van der Waals surface area contributed by atoms with E-state index in [2.05, 4.69) is 15.1 Å². The zero-order valence-corrected chi connectivity index (χ0v) is 14.7. The number of aryl methyl sites for hydroxylation is 1. The van der Waals surface area contributed by atoms with E-state index in [0.29, 0.717) is 18.9 Å². The topological polar surface area (TPSA) is 87.4 Å². The van der Waals surface area contributed by atoms with Crippen molar-refractivity contribution < 1.29 is 9.90 Å². The number of nitrogens with zero attached hydrogens (tertiary/aromatic N) is 6. The lowest BCUT2D eigenvalue weighted by Gasteiger charge is -2.41. The Morgan fingerprint density at radius 2 is 2.16 bits per heavy atom. The smallest absolute Gasteiger partial charge is 0.244 e. The highest BCUT2D eigenvalue weighted by Crippen LogP contribution is 2.24. The molecular weight excluding hydrogens is 320 g/mol. The molecule has 2 aromatic heterocycles. The van der Waals surface area contributed by atoms with Gasteiger partial charge in [-0.05, 0) is 31.4 Å². The molecule has 3 heterocycles. The molecule has 0 unspecified atom stereocenters. The van der Waals surface area contributed by atoms with Crippen molar-refractivity contribution in [2.24, 2.45) is 0 Å². The molecule has 2 aromatic rings. The Morgan fingerprint density at radius 1 is 1.40 bits per heavy atom. The second kappa shape index (κ2) is 7.18. The standard InChI is InChI=1S/C17H24N6O2/c1-14-9-20-23(10-14)11-15(24)21(2)12-17(25)5-3-8-22(13-17)16-18-6-4-7-19-16/h4,6-7,9-10,25H,3,5,8,11-13H2,1-2H3/t17-/m0/s1. The Kier molecular flexibility index (Phi) is 4.98. The molecule has 0 radical (unpaired) electrons. The molecular formula is C17H24N6O2. The number of carbonyl (C=O) groups is 1. The highest BCUT2D eigenvalue weighted by molar-refractivity contribution is 5.75. The minimum Gasteiger partial charge on any atom is -0.386 e. The van der Waals surface area contributed by atoms with E-state index >= 15 is 0 Å². The van der Waals surface area contributed by atoms with Crippen LogP contribution >= 0.6 is 0 Å². The van der Waals surface area contributed by atoms with Gasteiger partial charge in [0.05, 0.1) is 24.9 Å². The molecule has 1 fully saturated rings. The van der Waals surface area contributed by atoms with E-state index in [1.807, 2.05) is 18.0 Å². The van der Waals surface area contributed by atoms with Crippen LogP contribution in [0.1, 0.15) is 18.4 Å². The van der Waals surface area contributed by atoms with Crippen LogP contribution in [0, 0.1) is 6.92 Å². The van der Waals surface area contributed by atoms with Crippen LogP contribution < -0.4 is 4.90 Å². The van der Waals surface area contributed by atoms with Crippen molar-refractivity contribution in [1.82, 2.24) is 24.6 Å². The zero-order chi connectivity index (χ0) is 17.9. The summed E-state index contributed by atoms with van der Waals surface area (Å²) >= 11 is 0. The SMILES string of the molecule is Cc1cnn(CC(=O)N(C)C[C@@]2(O)CCCN(c3ncccn3)C2)c1. The Morgan fingerprint density at radius 3 is 2.84 bits per heavy atom. The van der Waals surface area contributed by atoms with Crippen molar-refractivity contribution >= 4 is 11.9 Å². The van der Waals surface area contributed by atoms with Gasteiger partial charge in [-0.2, -0.15) is 5.10 Å². The van der Waals surface area contributed by atoms with Crippen LogP contribution in [-0.2, 0) is 11.3 Å². The number of carbonyl (C=O) groups excluding carboxylic acids is 1. The van der Waals surface area contributed by atoms with E-state index < -0.39 is 5.60 Å². The maximum absolute atomic E-state index is 12.4. The zero-order valence-electron chi connectivity index (χ0n) is 14.7. The number of β-amino-alcohol motifs (C(OH)–C–C–N with tert-alkyl or cyclic N) is 1. The van der Waals surface area contributed by atoms with Gasteiger partial charge in [0.25, 0.3) is 0 Å². The molecule has 0 spiro atoms. The maximum Gasteiger partial charge on any atom is 0.244 e. The van der Waals surface area contributed by atoms with E-state index in [0.717, 1.165) is 18.5 Å². The Balaban J connectivity index is 1.61. The van der Waals surface area contributed by atoms with Crippen LogP contribution in [0.15, 0.2) is 30.9 Å². The Bertz CT molecular complexity index is 719. The van der Waals surface area contributed by atoms with Gasteiger partial charge in [-0.1, -0.05) is 0 Å². The summed E-state index contributed by atoms with van der Waals surface area (Å²) in [6.45, 7) is 3.59. The monoisotopic (exact) mass is 344 g/mol. The van der Waals surface area contributed by atoms with Gasteiger partial charge in [-0.15, -0.1) is 0 Å². The van der Waals surface area contributed by atoms with E-state index in [1.54, 1.807) is 41.3 Å². The summed E-state index contributed by atoms with van der Waals surface area (Å²) in [6.07, 6.45) is 8.41. The number of aromatic nitrogens is 4. The van der Waals surface area contributed by atoms with Gasteiger partial charge in [-0.3, -0.25) is 9.48 Å². The van der Waals surface area contributed by atoms with Gasteiger partial charge in [0.1, 0.15) is 6.54 Å². The van der Waals surface area contributed by atoms with Crippen LogP contribution in [0.25, 0.3) is 0 Å². The molecule has 134 valence electrons. The van der Waals surface area contributed by atoms with E-state index in [-0.39, 0.29) is 19.0 Å². The molecule has 3 rings (SSSR count). The van der Waals surface area contributed by atoms with Crippen molar-refractivity contribution in [3.8, 4) is 0 Å². The van der Waals surface area contributed by atoms with Crippen molar-refractivity contribution in [2.75, 3.05) is 31.6 Å². The van der Waals surface area contributed by atoms with Gasteiger partial charge in [-0.25, -0.2) is 9.97 Å². The average molecular weight is 344 g/mol. The maximum atomic E-state index is 12.4. The largest absolute Gasteiger partial charge is 0.386 e. The van der Waals surface area contributed by atoms with E-state index in [9.17, 15) is 9.90 Å². The third kappa shape index (κ3) is 4.33. The molecule has 8 heteroatoms. The lowest BCUT2D eigenvalue weighted by molar-refractivity contribution is -0.134. The fourth-order valence-electron chi connectivity index (χ4n) is 3.21. The number of rotatable bonds is 5. The first-order chi connectivity index (χ1) is 12.0. The number of anilines is 1. The van der Waals surface area contributed by atoms with E-state index in [4.69, 9.17) is 0 Å². The number of piperidine rings is 1. The molecule has 8 nitrogen and oxygen atoms in total. The van der Waals surface area contributed by atoms with E-state index in [1.165, 1.54) is 0 Å². The summed E-state index contributed by atoms with van der Waals surface area (Å²) in [7, 11) is 1.72. The predicted molar refractivity (Wildman–Crippen MR) is 93.0 cm³/mol. The number of likely N-dealkylation sites (N-methyl/N-ethyl adjacent to an activating group) is 1. The first-order valence-electron chi connectivity index (χ1n) is 8.43. The van der Waals surface area contributed by atoms with Crippen molar-refractivity contribution in [2.45, 2.75) is 31.9 Å². The lowest BCUT2D eigenvalue weighted by atomic mass is 9.92. The molecule has 1 aliphatic heterocycles. The summed E-state index contributed by atoms with van der Waals surface area (Å²) in [4.78, 5) is 24.5. The minimum atomic E-state index is -0.970. The highest BCUT2D eigenvalue weighted by Gasteiger charge is 2.36. The second-order valence-electron chi connectivity index (χ2n) is 6.76. The second-order valence-corrected chi connectivity index (χ2v) is 6.76. The van der Waals surface area contributed by atoms with Crippen LogP contribution in [-0.4, -0.2) is 67.9 Å². The molecule has 0 saturated carbocycles. The first kappa shape index (κ1) is 17.3. The van der Waals surface area contributed by atoms with Crippen LogP contribution in [0.4, 0.5) is 5.95 Å². The van der Waals surface area contributed by atoms with Crippen molar-refractivity contribution in [3.05, 3.63) is 36.4 Å². The molecule has 1 atom stereocenters. The summed E-state index contributed by atoms with van der Waals surface area (Å²) in [5, 5.41) is 15.1. The Hall–Kier alpha value is -2.48. The normalized spacial score (nSPS) is 20.5. The molecule has 1 N–H and O–H groups in total. The van der Waals surface area contributed by atoms with Crippen LogP contribution in [0.2, 0.25) is 0 Å². The summed E-state index contributed by atoms with van der Waals surface area (Å²) in [5.74, 6) is 0.534. The fraction of sp³-hybridized carbons (Fsp3) is 0.529. The van der Waals surface area contributed by atoms with Gasteiger partial charge in [0.15, 0.2) is 0 Å². The molecule has 1 amide bonds. The van der Waals surface area contributed by atoms with Crippen molar-refractivity contribution in [3.63, 3.8) is 0 Å². The van der Waals surface area contributed by atoms with Crippen LogP contribution in [0.5, 0.6) is 0 Å². The molecule has 0 aromatic carbocycles. The molecule has 1 aliphatic rings. The van der Waals surface area contributed by atoms with Gasteiger partial charge in [0.2, 0.25) is 11.9 Å². The lowest BCUT2D eigenvalue weighted by Crippen LogP contribution is -2.55. The summed E-state index contributed by atoms with van der Waals surface area (Å²) < 4.78 is 1.61. The molecule has 0 bridgehead atoms. The van der Waals surface area contributed by atoms with Crippen molar-refractivity contribution in [1.29, 1.82) is 0 Å². The quantitative estimate of drug-likeness (QED) is 0.848. The van der Waals surface area contributed by atoms with Crippen LogP contribution in [0.3, 0.4) is 0 Å². The number of aliphatic hydroxyl groups is 1. The third-order valence-electron chi connectivity index (χ3n) is 4.41. The molecule has 1 saturated heterocycles. The minimum absolute atomic E-state index is 0.0791. The average Bonchev–Trinajstić information content (AvgIpc) is 3.00.